The van der Waals surface area contributed by atoms with Gasteiger partial charge in [0.25, 0.3) is 0 Å². The Balaban J connectivity index is 2.23. The van der Waals surface area contributed by atoms with Crippen LogP contribution in [0.25, 0.3) is 10.9 Å². The number of phenols is 1. The van der Waals surface area contributed by atoms with Crippen molar-refractivity contribution >= 4 is 40.0 Å². The van der Waals surface area contributed by atoms with Crippen LogP contribution in [0.15, 0.2) is 42.5 Å². The van der Waals surface area contributed by atoms with Crippen molar-refractivity contribution in [2.45, 2.75) is 43.8 Å². The van der Waals surface area contributed by atoms with Gasteiger partial charge in [0.05, 0.1) is 16.6 Å². The van der Waals surface area contributed by atoms with Crippen LogP contribution in [-0.2, 0) is 0 Å². The number of pyridine rings is 1. The van der Waals surface area contributed by atoms with Crippen molar-refractivity contribution in [1.29, 1.82) is 0 Å². The number of phenolic OH excluding ortho intramolecular Hbond substituents is 1. The second-order valence-electron chi connectivity index (χ2n) is 7.98. The Labute approximate surface area is 198 Å². The monoisotopic (exact) mass is 502 g/mol. The molecule has 0 saturated heterocycles. The molecule has 0 aliphatic heterocycles. The van der Waals surface area contributed by atoms with Gasteiger partial charge in [-0.2, -0.15) is 24.9 Å². The predicted molar refractivity (Wildman–Crippen MR) is 125 cm³/mol. The van der Waals surface area contributed by atoms with Crippen molar-refractivity contribution in [3.63, 3.8) is 0 Å². The number of aromatic hydroxyl groups is 1. The molecular formula is C23H23ClF4N2O2S. The van der Waals surface area contributed by atoms with Gasteiger partial charge < -0.3 is 15.5 Å². The minimum absolute atomic E-state index is 0.222. The minimum Gasteiger partial charge on any atom is -0.505 e. The highest BCUT2D eigenvalue weighted by Gasteiger charge is 2.59. The lowest BCUT2D eigenvalue weighted by Gasteiger charge is -2.39. The van der Waals surface area contributed by atoms with Gasteiger partial charge in [-0.15, -0.1) is 0 Å². The van der Waals surface area contributed by atoms with Crippen LogP contribution in [0, 0.1) is 12.7 Å². The van der Waals surface area contributed by atoms with Gasteiger partial charge >= 0.3 is 6.18 Å². The second kappa shape index (κ2) is 9.56. The molecule has 3 aromatic rings. The number of aromatic nitrogens is 1. The van der Waals surface area contributed by atoms with E-state index in [9.17, 15) is 27.8 Å². The van der Waals surface area contributed by atoms with Gasteiger partial charge in [-0.25, -0.2) is 4.39 Å². The van der Waals surface area contributed by atoms with Crippen LogP contribution in [0.5, 0.6) is 5.75 Å². The maximum atomic E-state index is 14.4. The quantitative estimate of drug-likeness (QED) is 0.316. The van der Waals surface area contributed by atoms with Crippen molar-refractivity contribution in [2.75, 3.05) is 11.1 Å². The molecule has 1 aromatic heterocycles. The second-order valence-corrected chi connectivity index (χ2v) is 9.96. The van der Waals surface area contributed by atoms with Crippen LogP contribution < -0.4 is 5.32 Å². The van der Waals surface area contributed by atoms with Gasteiger partial charge in [0, 0.05) is 28.1 Å². The smallest absolute Gasteiger partial charge is 0.420 e. The Kier molecular flexibility index (Phi) is 7.36. The summed E-state index contributed by atoms with van der Waals surface area (Å²) in [5.41, 5.74) is -2.36. The van der Waals surface area contributed by atoms with Crippen molar-refractivity contribution in [3.05, 3.63) is 64.6 Å². The number of nitrogens with one attached hydrogen (secondary N) is 1. The number of alkyl halides is 3. The van der Waals surface area contributed by atoms with E-state index in [0.717, 1.165) is 23.9 Å². The number of hydrogen-bond donors (Lipinski definition) is 3. The zero-order valence-corrected chi connectivity index (χ0v) is 19.6. The maximum Gasteiger partial charge on any atom is 0.420 e. The van der Waals surface area contributed by atoms with E-state index < -0.39 is 45.7 Å². The van der Waals surface area contributed by atoms with Crippen LogP contribution in [0.4, 0.5) is 23.2 Å². The first-order valence-corrected chi connectivity index (χ1v) is 11.5. The van der Waals surface area contributed by atoms with E-state index in [1.807, 2.05) is 0 Å². The van der Waals surface area contributed by atoms with Crippen LogP contribution >= 0.6 is 23.4 Å². The van der Waals surface area contributed by atoms with Crippen LogP contribution in [-0.4, -0.2) is 38.0 Å². The number of aryl methyl sites for hydroxylation is 1. The number of rotatable bonds is 7. The lowest BCUT2D eigenvalue weighted by molar-refractivity contribution is -0.256. The molecule has 0 fully saturated rings. The molecule has 178 valence electrons. The Hall–Kier alpha value is -2.23. The van der Waals surface area contributed by atoms with Crippen LogP contribution in [0.3, 0.4) is 0 Å². The van der Waals surface area contributed by atoms with E-state index in [-0.39, 0.29) is 10.9 Å². The van der Waals surface area contributed by atoms with E-state index in [1.165, 1.54) is 6.07 Å². The average molecular weight is 503 g/mol. The number of aliphatic hydroxyl groups is 1. The lowest BCUT2D eigenvalue weighted by Crippen LogP contribution is -2.55. The molecule has 4 nitrogen and oxygen atoms in total. The summed E-state index contributed by atoms with van der Waals surface area (Å²) in [5.74, 6) is -3.08. The van der Waals surface area contributed by atoms with Crippen LogP contribution in [0.1, 0.15) is 31.1 Å². The standard InChI is InChI=1S/C23H23ClF4N2O2S/c1-12(2)33-11-22(32,23(26,27)28)21(15-9-10-16(24)19(25)20(15)31)30-18-6-4-5-17-14(18)8-7-13(3)29-17/h4-10,12,21,30-32H,11H2,1-3H3. The van der Waals surface area contributed by atoms with Gasteiger partial charge in [-0.05, 0) is 42.5 Å². The fraction of sp³-hybridized carbons (Fsp3) is 0.348. The number of thioether (sulfide) groups is 1. The van der Waals surface area contributed by atoms with Gasteiger partial charge in [-0.1, -0.05) is 37.6 Å². The molecule has 0 spiro atoms. The Morgan fingerprint density at radius 2 is 1.82 bits per heavy atom. The molecule has 33 heavy (non-hydrogen) atoms. The molecule has 0 aliphatic rings. The van der Waals surface area contributed by atoms with Crippen molar-refractivity contribution < 1.29 is 27.8 Å². The number of halogens is 5. The fourth-order valence-electron chi connectivity index (χ4n) is 3.40. The molecule has 2 aromatic carbocycles. The van der Waals surface area contributed by atoms with E-state index in [4.69, 9.17) is 11.6 Å². The Morgan fingerprint density at radius 3 is 2.45 bits per heavy atom. The number of nitrogens with zero attached hydrogens (tertiary/aromatic N) is 1. The van der Waals surface area contributed by atoms with Gasteiger partial charge in [0.15, 0.2) is 17.2 Å². The van der Waals surface area contributed by atoms with Crippen molar-refractivity contribution in [3.8, 4) is 5.75 Å². The third-order valence-corrected chi connectivity index (χ3v) is 6.75. The molecule has 3 rings (SSSR count). The highest BCUT2D eigenvalue weighted by atomic mass is 35.5. The summed E-state index contributed by atoms with van der Waals surface area (Å²) in [6, 6.07) is 8.38. The highest BCUT2D eigenvalue weighted by Crippen LogP contribution is 2.47. The van der Waals surface area contributed by atoms with E-state index in [1.54, 1.807) is 45.0 Å². The van der Waals surface area contributed by atoms with Crippen molar-refractivity contribution in [2.24, 2.45) is 0 Å². The zero-order valence-electron chi connectivity index (χ0n) is 18.0. The molecular weight excluding hydrogens is 480 g/mol. The maximum absolute atomic E-state index is 14.4. The van der Waals surface area contributed by atoms with E-state index in [0.29, 0.717) is 16.6 Å². The highest BCUT2D eigenvalue weighted by molar-refractivity contribution is 7.99. The molecule has 0 radical (unpaired) electrons. The Morgan fingerprint density at radius 1 is 1.12 bits per heavy atom. The van der Waals surface area contributed by atoms with Gasteiger partial charge in [0.2, 0.25) is 0 Å². The summed E-state index contributed by atoms with van der Waals surface area (Å²) >= 11 is 6.59. The van der Waals surface area contributed by atoms with E-state index in [2.05, 4.69) is 10.3 Å². The number of benzene rings is 2. The fourth-order valence-corrected chi connectivity index (χ4v) is 4.47. The number of fused-ring (bicyclic) bond motifs is 1. The largest absolute Gasteiger partial charge is 0.505 e. The SMILES string of the molecule is Cc1ccc2c(NC(c3ccc(Cl)c(F)c3O)C(O)(CSC(C)C)C(F)(F)F)cccc2n1. The summed E-state index contributed by atoms with van der Waals surface area (Å²) in [4.78, 5) is 4.37. The summed E-state index contributed by atoms with van der Waals surface area (Å²) in [6.07, 6.45) is -5.12. The van der Waals surface area contributed by atoms with Gasteiger partial charge in [0.1, 0.15) is 0 Å². The Bertz CT molecular complexity index is 1160. The molecule has 1 heterocycles. The van der Waals surface area contributed by atoms with Gasteiger partial charge in [-0.3, -0.25) is 4.98 Å². The molecule has 0 amide bonds. The first-order valence-electron chi connectivity index (χ1n) is 10.1. The molecule has 10 heteroatoms. The number of anilines is 1. The minimum atomic E-state index is -5.12. The van der Waals surface area contributed by atoms with Crippen molar-refractivity contribution in [1.82, 2.24) is 4.98 Å². The topological polar surface area (TPSA) is 65.4 Å². The normalized spacial score (nSPS) is 15.0. The third-order valence-electron chi connectivity index (χ3n) is 5.19. The molecule has 2 unspecified atom stereocenters. The molecule has 2 atom stereocenters. The predicted octanol–water partition coefficient (Wildman–Crippen LogP) is 6.63. The number of hydrogen-bond acceptors (Lipinski definition) is 5. The third kappa shape index (κ3) is 5.15. The summed E-state index contributed by atoms with van der Waals surface area (Å²) in [7, 11) is 0. The molecule has 3 N–H and O–H groups in total. The first-order chi connectivity index (χ1) is 15.3. The molecule has 0 bridgehead atoms. The summed E-state index contributed by atoms with van der Waals surface area (Å²) in [5, 5.41) is 24.0. The summed E-state index contributed by atoms with van der Waals surface area (Å²) in [6.45, 7) is 5.17. The lowest BCUT2D eigenvalue weighted by atomic mass is 9.88. The molecule has 0 saturated carbocycles. The van der Waals surface area contributed by atoms with E-state index >= 15 is 0 Å². The molecule has 0 aliphatic carbocycles. The zero-order chi connectivity index (χ0) is 24.6. The summed E-state index contributed by atoms with van der Waals surface area (Å²) < 4.78 is 57.5. The first kappa shape index (κ1) is 25.4. The van der Waals surface area contributed by atoms with Crippen LogP contribution in [0.2, 0.25) is 5.02 Å². The average Bonchev–Trinajstić information content (AvgIpc) is 2.73.